The maximum Gasteiger partial charge on any atom is 0.258 e. The summed E-state index contributed by atoms with van der Waals surface area (Å²) in [6, 6.07) is 9.73. The number of nitrogens with one attached hydrogen (secondary N) is 1. The number of aromatic nitrogens is 2. The summed E-state index contributed by atoms with van der Waals surface area (Å²) < 4.78 is 13.1. The zero-order valence-electron chi connectivity index (χ0n) is 9.65. The fourth-order valence-electron chi connectivity index (χ4n) is 1.92. The molecule has 0 unspecified atom stereocenters. The number of nitrogens with zero attached hydrogens (tertiary/aromatic N) is 1. The van der Waals surface area contributed by atoms with Crippen molar-refractivity contribution in [3.8, 4) is 11.1 Å². The molecule has 0 saturated heterocycles. The second kappa shape index (κ2) is 4.48. The zero-order valence-corrected chi connectivity index (χ0v) is 10.4. The van der Waals surface area contributed by atoms with Crippen LogP contribution in [0, 0.1) is 5.82 Å². The van der Waals surface area contributed by atoms with Crippen LogP contribution in [-0.2, 0) is 0 Å². The van der Waals surface area contributed by atoms with Crippen molar-refractivity contribution in [2.24, 2.45) is 0 Å². The van der Waals surface area contributed by atoms with Crippen LogP contribution in [0.5, 0.6) is 0 Å². The van der Waals surface area contributed by atoms with Gasteiger partial charge in [-0.05, 0) is 35.4 Å². The molecule has 2 aromatic carbocycles. The van der Waals surface area contributed by atoms with Crippen molar-refractivity contribution in [3.63, 3.8) is 0 Å². The van der Waals surface area contributed by atoms with Crippen molar-refractivity contribution in [3.05, 3.63) is 63.9 Å². The fourth-order valence-corrected chi connectivity index (χ4v) is 2.10. The lowest BCUT2D eigenvalue weighted by molar-refractivity contribution is 0.628. The van der Waals surface area contributed by atoms with E-state index in [2.05, 4.69) is 9.97 Å². The predicted molar refractivity (Wildman–Crippen MR) is 72.8 cm³/mol. The summed E-state index contributed by atoms with van der Waals surface area (Å²) in [6.07, 6.45) is 1.36. The molecule has 0 radical (unpaired) electrons. The molecule has 3 rings (SSSR count). The molecule has 0 aliphatic heterocycles. The van der Waals surface area contributed by atoms with E-state index in [4.69, 9.17) is 11.6 Å². The minimum absolute atomic E-state index is 0.0534. The Kier molecular flexibility index (Phi) is 2.80. The van der Waals surface area contributed by atoms with Crippen molar-refractivity contribution in [2.45, 2.75) is 0 Å². The van der Waals surface area contributed by atoms with E-state index in [1.54, 1.807) is 18.2 Å². The standard InChI is InChI=1S/C14H8ClFN2O/c15-11-6-9(1-3-12(11)16)8-2-4-13-10(5-8)14(19)18-7-17-13/h1-7H,(H,17,18,19). The Morgan fingerprint density at radius 2 is 1.84 bits per heavy atom. The Bertz CT molecular complexity index is 829. The molecule has 0 aliphatic rings. The average molecular weight is 275 g/mol. The van der Waals surface area contributed by atoms with E-state index in [-0.39, 0.29) is 10.6 Å². The van der Waals surface area contributed by atoms with Gasteiger partial charge in [0.1, 0.15) is 5.82 Å². The van der Waals surface area contributed by atoms with E-state index < -0.39 is 5.82 Å². The Morgan fingerprint density at radius 1 is 1.11 bits per heavy atom. The fraction of sp³-hybridized carbons (Fsp3) is 0. The molecule has 0 atom stereocenters. The molecule has 3 nitrogen and oxygen atoms in total. The van der Waals surface area contributed by atoms with Crippen molar-refractivity contribution >= 4 is 22.5 Å². The molecule has 0 bridgehead atoms. The number of hydrogen-bond donors (Lipinski definition) is 1. The number of H-pyrrole nitrogens is 1. The third kappa shape index (κ3) is 2.11. The van der Waals surface area contributed by atoms with Crippen LogP contribution in [0.15, 0.2) is 47.5 Å². The summed E-state index contributed by atoms with van der Waals surface area (Å²) in [5.41, 5.74) is 1.94. The van der Waals surface area contributed by atoms with Crippen molar-refractivity contribution in [2.75, 3.05) is 0 Å². The maximum absolute atomic E-state index is 13.1. The molecule has 0 spiro atoms. The monoisotopic (exact) mass is 274 g/mol. The third-order valence-electron chi connectivity index (χ3n) is 2.89. The van der Waals surface area contributed by atoms with E-state index in [1.807, 2.05) is 6.07 Å². The van der Waals surface area contributed by atoms with Crippen LogP contribution in [0.1, 0.15) is 0 Å². The highest BCUT2D eigenvalue weighted by atomic mass is 35.5. The number of halogens is 2. The smallest absolute Gasteiger partial charge is 0.258 e. The van der Waals surface area contributed by atoms with E-state index in [0.717, 1.165) is 11.1 Å². The highest BCUT2D eigenvalue weighted by Crippen LogP contribution is 2.26. The number of rotatable bonds is 1. The molecule has 1 N–H and O–H groups in total. The van der Waals surface area contributed by atoms with Gasteiger partial charge in [-0.1, -0.05) is 23.7 Å². The van der Waals surface area contributed by atoms with Gasteiger partial charge >= 0.3 is 0 Å². The third-order valence-corrected chi connectivity index (χ3v) is 3.18. The van der Waals surface area contributed by atoms with Crippen LogP contribution >= 0.6 is 11.6 Å². The van der Waals surface area contributed by atoms with E-state index >= 15 is 0 Å². The summed E-state index contributed by atoms with van der Waals surface area (Å²) in [6.45, 7) is 0. The second-order valence-corrected chi connectivity index (χ2v) is 4.50. The normalized spacial score (nSPS) is 10.8. The molecule has 1 aromatic heterocycles. The average Bonchev–Trinajstić information content (AvgIpc) is 2.42. The highest BCUT2D eigenvalue weighted by Gasteiger charge is 2.06. The summed E-state index contributed by atoms with van der Waals surface area (Å²) in [7, 11) is 0. The topological polar surface area (TPSA) is 45.8 Å². The van der Waals surface area contributed by atoms with Crippen LogP contribution in [0.2, 0.25) is 5.02 Å². The Balaban J connectivity index is 2.22. The van der Waals surface area contributed by atoms with Gasteiger partial charge in [-0.3, -0.25) is 4.79 Å². The molecular formula is C14H8ClFN2O. The highest BCUT2D eigenvalue weighted by molar-refractivity contribution is 6.31. The molecule has 0 saturated carbocycles. The molecule has 0 aliphatic carbocycles. The van der Waals surface area contributed by atoms with Gasteiger partial charge in [0.2, 0.25) is 0 Å². The maximum atomic E-state index is 13.1. The number of aromatic amines is 1. The molecule has 5 heteroatoms. The van der Waals surface area contributed by atoms with Crippen LogP contribution in [0.3, 0.4) is 0 Å². The molecule has 0 fully saturated rings. The summed E-state index contributed by atoms with van der Waals surface area (Å²) in [4.78, 5) is 18.3. The van der Waals surface area contributed by atoms with Gasteiger partial charge in [0.05, 0.1) is 22.3 Å². The van der Waals surface area contributed by atoms with Gasteiger partial charge < -0.3 is 4.98 Å². The molecule has 94 valence electrons. The first-order valence-corrected chi connectivity index (χ1v) is 5.96. The van der Waals surface area contributed by atoms with E-state index in [9.17, 15) is 9.18 Å². The van der Waals surface area contributed by atoms with Crippen LogP contribution in [-0.4, -0.2) is 9.97 Å². The lowest BCUT2D eigenvalue weighted by Crippen LogP contribution is -2.05. The van der Waals surface area contributed by atoms with Gasteiger partial charge in [0, 0.05) is 0 Å². The number of fused-ring (bicyclic) bond motifs is 1. The van der Waals surface area contributed by atoms with Crippen LogP contribution in [0.25, 0.3) is 22.0 Å². The number of benzene rings is 2. The van der Waals surface area contributed by atoms with Crippen molar-refractivity contribution in [1.82, 2.24) is 9.97 Å². The SMILES string of the molecule is O=c1[nH]cnc2ccc(-c3ccc(F)c(Cl)c3)cc12. The van der Waals surface area contributed by atoms with Crippen molar-refractivity contribution < 1.29 is 4.39 Å². The zero-order chi connectivity index (χ0) is 13.4. The van der Waals surface area contributed by atoms with Gasteiger partial charge in [0.25, 0.3) is 5.56 Å². The summed E-state index contributed by atoms with van der Waals surface area (Å²) >= 11 is 5.76. The first-order valence-electron chi connectivity index (χ1n) is 5.58. The minimum atomic E-state index is -0.467. The molecule has 0 amide bonds. The summed E-state index contributed by atoms with van der Waals surface area (Å²) in [5, 5.41) is 0.540. The molecule has 3 aromatic rings. The van der Waals surface area contributed by atoms with Gasteiger partial charge in [0.15, 0.2) is 0 Å². The molecule has 1 heterocycles. The Morgan fingerprint density at radius 3 is 2.63 bits per heavy atom. The van der Waals surface area contributed by atoms with Gasteiger partial charge in [-0.15, -0.1) is 0 Å². The number of hydrogen-bond acceptors (Lipinski definition) is 2. The predicted octanol–water partition coefficient (Wildman–Crippen LogP) is 3.38. The second-order valence-electron chi connectivity index (χ2n) is 4.09. The van der Waals surface area contributed by atoms with Crippen LogP contribution in [0.4, 0.5) is 4.39 Å². The minimum Gasteiger partial charge on any atom is -0.313 e. The lowest BCUT2D eigenvalue weighted by atomic mass is 10.0. The lowest BCUT2D eigenvalue weighted by Gasteiger charge is -2.04. The Labute approximate surface area is 112 Å². The van der Waals surface area contributed by atoms with E-state index in [0.29, 0.717) is 10.9 Å². The largest absolute Gasteiger partial charge is 0.313 e. The van der Waals surface area contributed by atoms with Gasteiger partial charge in [-0.2, -0.15) is 0 Å². The first-order chi connectivity index (χ1) is 9.15. The van der Waals surface area contributed by atoms with E-state index in [1.165, 1.54) is 18.5 Å². The Hall–Kier alpha value is -2.20. The van der Waals surface area contributed by atoms with Crippen LogP contribution < -0.4 is 5.56 Å². The first kappa shape index (κ1) is 11.9. The quantitative estimate of drug-likeness (QED) is 0.739. The van der Waals surface area contributed by atoms with Gasteiger partial charge in [-0.25, -0.2) is 9.37 Å². The van der Waals surface area contributed by atoms with Crippen molar-refractivity contribution in [1.29, 1.82) is 0 Å². The summed E-state index contributed by atoms with van der Waals surface area (Å²) in [5.74, 6) is -0.467. The molecule has 19 heavy (non-hydrogen) atoms. The molecular weight excluding hydrogens is 267 g/mol.